The van der Waals surface area contributed by atoms with Crippen LogP contribution in [0, 0.1) is 18.7 Å². The molecule has 1 saturated heterocycles. The molecule has 0 radical (unpaired) electrons. The first-order valence-electron chi connectivity index (χ1n) is 6.78. The van der Waals surface area contributed by atoms with Crippen LogP contribution in [0.3, 0.4) is 0 Å². The fourth-order valence-electron chi connectivity index (χ4n) is 2.85. The van der Waals surface area contributed by atoms with Gasteiger partial charge in [-0.1, -0.05) is 13.8 Å². The molecule has 0 aromatic heterocycles. The number of nitrogen functional groups attached to an aromatic ring is 1. The van der Waals surface area contributed by atoms with Crippen LogP contribution < -0.4 is 5.73 Å². The fourth-order valence-corrected chi connectivity index (χ4v) is 2.85. The number of carbonyl (C=O) groups excluding carboxylic acids is 1. The van der Waals surface area contributed by atoms with Crippen molar-refractivity contribution in [1.82, 2.24) is 4.90 Å². The third-order valence-corrected chi connectivity index (χ3v) is 3.84. The summed E-state index contributed by atoms with van der Waals surface area (Å²) >= 11 is 0. The van der Waals surface area contributed by atoms with Crippen LogP contribution in [-0.2, 0) is 0 Å². The molecule has 1 fully saturated rings. The molecule has 1 atom stereocenters. The van der Waals surface area contributed by atoms with Gasteiger partial charge in [-0.05, 0) is 43.4 Å². The van der Waals surface area contributed by atoms with E-state index >= 15 is 0 Å². The highest BCUT2D eigenvalue weighted by Crippen LogP contribution is 2.27. The van der Waals surface area contributed by atoms with Crippen molar-refractivity contribution in [1.29, 1.82) is 0 Å². The number of amides is 1. The first kappa shape index (κ1) is 13.8. The Bertz CT molecular complexity index is 499. The maximum Gasteiger partial charge on any atom is 0.257 e. The minimum absolute atomic E-state index is 0.102. The number of anilines is 1. The van der Waals surface area contributed by atoms with Gasteiger partial charge in [-0.15, -0.1) is 0 Å². The molecule has 0 saturated carbocycles. The Balaban J connectivity index is 2.34. The predicted molar refractivity (Wildman–Crippen MR) is 74.4 cm³/mol. The smallest absolute Gasteiger partial charge is 0.257 e. The second kappa shape index (κ2) is 5.19. The van der Waals surface area contributed by atoms with Crippen LogP contribution in [0.5, 0.6) is 0 Å². The molecule has 1 unspecified atom stereocenters. The molecule has 4 heteroatoms. The van der Waals surface area contributed by atoms with E-state index in [1.54, 1.807) is 17.9 Å². The zero-order valence-electron chi connectivity index (χ0n) is 11.7. The van der Waals surface area contributed by atoms with E-state index in [0.29, 0.717) is 23.7 Å². The van der Waals surface area contributed by atoms with Crippen molar-refractivity contribution in [2.75, 3.05) is 12.3 Å². The highest BCUT2D eigenvalue weighted by molar-refractivity contribution is 5.96. The molecule has 0 spiro atoms. The number of halogens is 1. The Kier molecular flexibility index (Phi) is 3.78. The predicted octanol–water partition coefficient (Wildman–Crippen LogP) is 2.98. The van der Waals surface area contributed by atoms with Gasteiger partial charge in [0.15, 0.2) is 0 Å². The third-order valence-electron chi connectivity index (χ3n) is 3.84. The summed E-state index contributed by atoms with van der Waals surface area (Å²) in [7, 11) is 0. The summed E-state index contributed by atoms with van der Waals surface area (Å²) in [6.07, 6.45) is 1.98. The standard InChI is InChI=1S/C15H21FN2O/c1-9(2)13-5-4-6-18(13)15(19)12-8-11(17)7-10(3)14(12)16/h7-9,13H,4-6,17H2,1-3H3. The van der Waals surface area contributed by atoms with Crippen molar-refractivity contribution >= 4 is 11.6 Å². The number of hydrogen-bond donors (Lipinski definition) is 1. The molecule has 1 aliphatic rings. The second-order valence-corrected chi connectivity index (χ2v) is 5.65. The minimum atomic E-state index is -0.450. The number of benzene rings is 1. The van der Waals surface area contributed by atoms with Crippen molar-refractivity contribution < 1.29 is 9.18 Å². The summed E-state index contributed by atoms with van der Waals surface area (Å²) in [5.74, 6) is -0.297. The second-order valence-electron chi connectivity index (χ2n) is 5.65. The average Bonchev–Trinajstić information content (AvgIpc) is 2.82. The van der Waals surface area contributed by atoms with Gasteiger partial charge in [0.25, 0.3) is 5.91 Å². The molecule has 0 aliphatic carbocycles. The quantitative estimate of drug-likeness (QED) is 0.835. The Morgan fingerprint density at radius 2 is 2.16 bits per heavy atom. The molecule has 104 valence electrons. The molecule has 1 amide bonds. The number of hydrogen-bond acceptors (Lipinski definition) is 2. The van der Waals surface area contributed by atoms with E-state index < -0.39 is 5.82 Å². The monoisotopic (exact) mass is 264 g/mol. The first-order valence-corrected chi connectivity index (χ1v) is 6.78. The number of carbonyl (C=O) groups is 1. The maximum absolute atomic E-state index is 14.1. The topological polar surface area (TPSA) is 46.3 Å². The number of nitrogens with zero attached hydrogens (tertiary/aromatic N) is 1. The van der Waals surface area contributed by atoms with E-state index in [2.05, 4.69) is 13.8 Å². The molecule has 2 N–H and O–H groups in total. The highest BCUT2D eigenvalue weighted by atomic mass is 19.1. The van der Waals surface area contributed by atoms with Gasteiger partial charge in [-0.2, -0.15) is 0 Å². The molecule has 1 heterocycles. The molecule has 1 aliphatic heterocycles. The third kappa shape index (κ3) is 2.57. The SMILES string of the molecule is Cc1cc(N)cc(C(=O)N2CCCC2C(C)C)c1F. The van der Waals surface area contributed by atoms with Crippen molar-refractivity contribution in [2.45, 2.75) is 39.7 Å². The normalized spacial score (nSPS) is 19.2. The summed E-state index contributed by atoms with van der Waals surface area (Å²) in [6.45, 7) is 6.52. The molecular weight excluding hydrogens is 243 g/mol. The summed E-state index contributed by atoms with van der Waals surface area (Å²) < 4.78 is 14.1. The van der Waals surface area contributed by atoms with E-state index in [1.807, 2.05) is 0 Å². The summed E-state index contributed by atoms with van der Waals surface area (Å²) in [5, 5.41) is 0. The Labute approximate surface area is 113 Å². The number of rotatable bonds is 2. The average molecular weight is 264 g/mol. The summed E-state index contributed by atoms with van der Waals surface area (Å²) in [6, 6.07) is 3.20. The highest BCUT2D eigenvalue weighted by Gasteiger charge is 2.32. The summed E-state index contributed by atoms with van der Waals surface area (Å²) in [5.41, 5.74) is 6.68. The molecule has 0 bridgehead atoms. The molecule has 3 nitrogen and oxygen atoms in total. The van der Waals surface area contributed by atoms with E-state index in [9.17, 15) is 9.18 Å². The summed E-state index contributed by atoms with van der Waals surface area (Å²) in [4.78, 5) is 14.3. The van der Waals surface area contributed by atoms with Gasteiger partial charge in [-0.25, -0.2) is 4.39 Å². The van der Waals surface area contributed by atoms with Crippen LogP contribution in [0.1, 0.15) is 42.6 Å². The van der Waals surface area contributed by atoms with Crippen molar-refractivity contribution in [3.63, 3.8) is 0 Å². The van der Waals surface area contributed by atoms with Gasteiger partial charge in [0.2, 0.25) is 0 Å². The van der Waals surface area contributed by atoms with Gasteiger partial charge < -0.3 is 10.6 Å². The van der Waals surface area contributed by atoms with E-state index in [1.165, 1.54) is 6.07 Å². The fraction of sp³-hybridized carbons (Fsp3) is 0.533. The molecule has 1 aromatic rings. The van der Waals surface area contributed by atoms with E-state index in [4.69, 9.17) is 5.73 Å². The van der Waals surface area contributed by atoms with Crippen LogP contribution in [0.25, 0.3) is 0 Å². The first-order chi connectivity index (χ1) is 8.91. The lowest BCUT2D eigenvalue weighted by Gasteiger charge is -2.28. The van der Waals surface area contributed by atoms with Gasteiger partial charge >= 0.3 is 0 Å². The number of likely N-dealkylation sites (tertiary alicyclic amines) is 1. The van der Waals surface area contributed by atoms with Crippen molar-refractivity contribution in [2.24, 2.45) is 5.92 Å². The zero-order valence-corrected chi connectivity index (χ0v) is 11.7. The Hall–Kier alpha value is -1.58. The lowest BCUT2D eigenvalue weighted by atomic mass is 10.0. The van der Waals surface area contributed by atoms with Crippen LogP contribution in [0.4, 0.5) is 10.1 Å². The van der Waals surface area contributed by atoms with Crippen LogP contribution in [0.15, 0.2) is 12.1 Å². The van der Waals surface area contributed by atoms with E-state index in [0.717, 1.165) is 12.8 Å². The lowest BCUT2D eigenvalue weighted by molar-refractivity contribution is 0.0696. The van der Waals surface area contributed by atoms with Gasteiger partial charge in [0.1, 0.15) is 5.82 Å². The molecule has 19 heavy (non-hydrogen) atoms. The van der Waals surface area contributed by atoms with Crippen LogP contribution in [0.2, 0.25) is 0 Å². The minimum Gasteiger partial charge on any atom is -0.399 e. The zero-order chi connectivity index (χ0) is 14.2. The lowest BCUT2D eigenvalue weighted by Crippen LogP contribution is -2.39. The Morgan fingerprint density at radius 3 is 2.79 bits per heavy atom. The van der Waals surface area contributed by atoms with Gasteiger partial charge in [-0.3, -0.25) is 4.79 Å². The van der Waals surface area contributed by atoms with Crippen molar-refractivity contribution in [3.8, 4) is 0 Å². The van der Waals surface area contributed by atoms with Gasteiger partial charge in [0.05, 0.1) is 5.56 Å². The molecule has 1 aromatic carbocycles. The molecule has 2 rings (SSSR count). The van der Waals surface area contributed by atoms with E-state index in [-0.39, 0.29) is 17.5 Å². The van der Waals surface area contributed by atoms with Gasteiger partial charge in [0, 0.05) is 18.3 Å². The Morgan fingerprint density at radius 1 is 1.47 bits per heavy atom. The maximum atomic E-state index is 14.1. The van der Waals surface area contributed by atoms with Crippen LogP contribution in [-0.4, -0.2) is 23.4 Å². The molecular formula is C15H21FN2O. The largest absolute Gasteiger partial charge is 0.399 e. The number of nitrogens with two attached hydrogens (primary N) is 1. The number of aryl methyl sites for hydroxylation is 1. The van der Waals surface area contributed by atoms with Crippen molar-refractivity contribution in [3.05, 3.63) is 29.1 Å². The van der Waals surface area contributed by atoms with Crippen LogP contribution >= 0.6 is 0 Å².